The van der Waals surface area contributed by atoms with Gasteiger partial charge in [0.25, 0.3) is 0 Å². The molecule has 1 N–H and O–H groups in total. The van der Waals surface area contributed by atoms with Gasteiger partial charge in [0.05, 0.1) is 33.5 Å². The zero-order valence-electron chi connectivity index (χ0n) is 28.3. The van der Waals surface area contributed by atoms with Gasteiger partial charge in [0.1, 0.15) is 29.8 Å². The van der Waals surface area contributed by atoms with Crippen LogP contribution in [-0.4, -0.2) is 69.2 Å². The first-order valence-electron chi connectivity index (χ1n) is 17.3. The standard InChI is InChI=1S/C40H42N3O7/c1-45-33-14-10-31(11-15-33)40(30-6-4-3-5-7-30,32-12-16-34(46-2)17-13-32)48-25-35-22-36(47-24-29-21-26-8-9-27(29)20-26)38(50-35)43-23-28-18-19-49-42-37(28)41-39(43)44/h3-17,22-23,26-27,29,35-36,38H,18-21,24-25H2,1-2H3,(H,41,42,44)/t26?,27?,29?,35-,36-,38-/m1/s1. The number of hydrogen-bond donors (Lipinski definition) is 1. The summed E-state index contributed by atoms with van der Waals surface area (Å²) >= 11 is 0. The van der Waals surface area contributed by atoms with Crippen molar-refractivity contribution >= 4 is 11.9 Å². The number of nitrogens with zero attached hydrogens (tertiary/aromatic N) is 2. The van der Waals surface area contributed by atoms with Crippen LogP contribution in [0.25, 0.3) is 0 Å². The van der Waals surface area contributed by atoms with Crippen molar-refractivity contribution in [2.24, 2.45) is 22.9 Å². The summed E-state index contributed by atoms with van der Waals surface area (Å²) in [6, 6.07) is 25.7. The Morgan fingerprint density at radius 2 is 1.58 bits per heavy atom. The fraction of sp³-hybridized carbons (Fsp3) is 0.375. The Kier molecular flexibility index (Phi) is 9.07. The van der Waals surface area contributed by atoms with Crippen molar-refractivity contribution in [2.75, 3.05) is 34.0 Å². The third-order valence-electron chi connectivity index (χ3n) is 10.5. The van der Waals surface area contributed by atoms with E-state index in [1.165, 1.54) is 6.42 Å². The molecule has 2 aliphatic carbocycles. The van der Waals surface area contributed by atoms with E-state index in [0.29, 0.717) is 43.2 Å². The Hall–Kier alpha value is -4.64. The van der Waals surface area contributed by atoms with Crippen LogP contribution in [0.1, 0.15) is 36.0 Å². The Morgan fingerprint density at radius 1 is 0.880 bits per heavy atom. The van der Waals surface area contributed by atoms with E-state index in [4.69, 9.17) is 28.5 Å². The van der Waals surface area contributed by atoms with Crippen molar-refractivity contribution in [1.82, 2.24) is 10.2 Å². The van der Waals surface area contributed by atoms with E-state index in [9.17, 15) is 4.79 Å². The third-order valence-corrected chi connectivity index (χ3v) is 10.5. The lowest BCUT2D eigenvalue weighted by Crippen LogP contribution is -2.53. The van der Waals surface area contributed by atoms with Crippen LogP contribution in [0.2, 0.25) is 0 Å². The smallest absolute Gasteiger partial charge is 0.329 e. The van der Waals surface area contributed by atoms with Gasteiger partial charge in [0.15, 0.2) is 12.1 Å². The third kappa shape index (κ3) is 6.16. The first-order chi connectivity index (χ1) is 24.5. The van der Waals surface area contributed by atoms with E-state index in [1.807, 2.05) is 79.4 Å². The Bertz CT molecular complexity index is 1710. The molecule has 50 heavy (non-hydrogen) atoms. The molecule has 3 aliphatic heterocycles. The normalized spacial score (nSPS) is 26.9. The van der Waals surface area contributed by atoms with E-state index in [1.54, 1.807) is 19.1 Å². The topological polar surface area (TPSA) is 100 Å². The van der Waals surface area contributed by atoms with Crippen LogP contribution in [0, 0.1) is 24.2 Å². The molecule has 3 heterocycles. The van der Waals surface area contributed by atoms with E-state index in [-0.39, 0.29) is 12.6 Å². The summed E-state index contributed by atoms with van der Waals surface area (Å²) in [7, 11) is 3.31. The molecule has 8 rings (SSSR count). The number of hydrogen-bond acceptors (Lipinski definition) is 8. The van der Waals surface area contributed by atoms with Crippen LogP contribution in [0.15, 0.2) is 108 Å². The van der Waals surface area contributed by atoms with Crippen molar-refractivity contribution in [3.8, 4) is 11.5 Å². The summed E-state index contributed by atoms with van der Waals surface area (Å²) in [5.41, 5.74) is 2.67. The first-order valence-corrected chi connectivity index (χ1v) is 17.3. The summed E-state index contributed by atoms with van der Waals surface area (Å²) in [6.07, 6.45) is 9.84. The molecule has 10 nitrogen and oxygen atoms in total. The van der Waals surface area contributed by atoms with Gasteiger partial charge >= 0.3 is 6.03 Å². The van der Waals surface area contributed by atoms with Crippen molar-refractivity contribution in [3.05, 3.63) is 126 Å². The zero-order chi connectivity index (χ0) is 34.1. The molecule has 2 amide bonds. The van der Waals surface area contributed by atoms with Gasteiger partial charge in [0, 0.05) is 24.6 Å². The van der Waals surface area contributed by atoms with Gasteiger partial charge in [-0.15, -0.1) is 0 Å². The molecule has 2 fully saturated rings. The number of amides is 2. The number of amidine groups is 1. The van der Waals surface area contributed by atoms with Gasteiger partial charge in [0.2, 0.25) is 0 Å². The van der Waals surface area contributed by atoms with Crippen LogP contribution in [-0.2, 0) is 24.6 Å². The average Bonchev–Trinajstić information content (AvgIpc) is 3.91. The number of allylic oxidation sites excluding steroid dienone is 2. The van der Waals surface area contributed by atoms with E-state index in [2.05, 4.69) is 34.8 Å². The molecule has 3 aromatic carbocycles. The van der Waals surface area contributed by atoms with Gasteiger partial charge in [-0.1, -0.05) is 71.9 Å². The quantitative estimate of drug-likeness (QED) is 0.181. The number of benzene rings is 3. The second-order valence-corrected chi connectivity index (χ2v) is 13.4. The minimum absolute atomic E-state index is 0.187. The molecular formula is C40H42N3O7. The number of oxime groups is 1. The molecule has 1 radical (unpaired) electrons. The van der Waals surface area contributed by atoms with E-state index in [0.717, 1.165) is 40.2 Å². The maximum Gasteiger partial charge on any atom is 0.329 e. The SMILES string of the molecule is COc1ccc(C(OC[C@H]2[CH][C@@H](OCC3CC4C=CC3C4)[C@H](N3C=C4CCON=C4NC3=O)O2)(c2ccccc2)c2ccc(OC)cc2)cc1. The van der Waals surface area contributed by atoms with Gasteiger partial charge < -0.3 is 28.5 Å². The van der Waals surface area contributed by atoms with Crippen LogP contribution in [0.4, 0.5) is 4.79 Å². The van der Waals surface area contributed by atoms with Crippen LogP contribution in [0.5, 0.6) is 11.5 Å². The number of urea groups is 1. The predicted octanol–water partition coefficient (Wildman–Crippen LogP) is 6.18. The van der Waals surface area contributed by atoms with Crippen molar-refractivity contribution < 1.29 is 33.3 Å². The zero-order valence-corrected chi connectivity index (χ0v) is 28.3. The molecule has 259 valence electrons. The number of methoxy groups -OCH3 is 2. The highest BCUT2D eigenvalue weighted by Gasteiger charge is 2.47. The summed E-state index contributed by atoms with van der Waals surface area (Å²) in [5, 5.41) is 6.91. The highest BCUT2D eigenvalue weighted by molar-refractivity contribution is 6.09. The van der Waals surface area contributed by atoms with Gasteiger partial charge in [-0.2, -0.15) is 0 Å². The molecule has 5 aliphatic rings. The molecule has 3 aromatic rings. The Labute approximate surface area is 292 Å². The average molecular weight is 677 g/mol. The van der Waals surface area contributed by atoms with Gasteiger partial charge in [-0.05, 0) is 71.6 Å². The number of nitrogens with one attached hydrogen (secondary N) is 1. The predicted molar refractivity (Wildman–Crippen MR) is 186 cm³/mol. The monoisotopic (exact) mass is 676 g/mol. The summed E-state index contributed by atoms with van der Waals surface area (Å²) in [5.74, 6) is 3.57. The maximum absolute atomic E-state index is 13.5. The Balaban J connectivity index is 1.11. The van der Waals surface area contributed by atoms with Crippen LogP contribution in [0.3, 0.4) is 0 Å². The summed E-state index contributed by atoms with van der Waals surface area (Å²) in [6.45, 7) is 1.23. The molecule has 6 atom stereocenters. The lowest BCUT2D eigenvalue weighted by atomic mass is 9.80. The molecule has 0 aromatic heterocycles. The lowest BCUT2D eigenvalue weighted by molar-refractivity contribution is -0.104. The molecular weight excluding hydrogens is 634 g/mol. The molecule has 2 bridgehead atoms. The molecule has 1 saturated heterocycles. The number of ether oxygens (including phenoxy) is 5. The second kappa shape index (κ2) is 13.9. The first kappa shape index (κ1) is 32.6. The molecule has 10 heteroatoms. The van der Waals surface area contributed by atoms with E-state index < -0.39 is 24.0 Å². The highest BCUT2D eigenvalue weighted by atomic mass is 16.6. The summed E-state index contributed by atoms with van der Waals surface area (Å²) < 4.78 is 31.5. The minimum atomic E-state index is -1.02. The van der Waals surface area contributed by atoms with Crippen molar-refractivity contribution in [2.45, 2.75) is 43.3 Å². The van der Waals surface area contributed by atoms with Crippen molar-refractivity contribution in [3.63, 3.8) is 0 Å². The van der Waals surface area contributed by atoms with E-state index >= 15 is 0 Å². The Morgan fingerprint density at radius 3 is 2.22 bits per heavy atom. The van der Waals surface area contributed by atoms with Crippen LogP contribution >= 0.6 is 0 Å². The lowest BCUT2D eigenvalue weighted by Gasteiger charge is -2.37. The second-order valence-electron chi connectivity index (χ2n) is 13.4. The molecule has 1 saturated carbocycles. The number of carbonyl (C=O) groups is 1. The van der Waals surface area contributed by atoms with Crippen molar-refractivity contribution in [1.29, 1.82) is 0 Å². The number of fused-ring (bicyclic) bond motifs is 3. The van der Waals surface area contributed by atoms with Gasteiger partial charge in [-0.3, -0.25) is 10.2 Å². The fourth-order valence-electron chi connectivity index (χ4n) is 7.92. The molecule has 0 spiro atoms. The largest absolute Gasteiger partial charge is 0.497 e. The number of carbonyl (C=O) groups excluding carboxylic acids is 1. The minimum Gasteiger partial charge on any atom is -0.497 e. The highest BCUT2D eigenvalue weighted by Crippen LogP contribution is 2.45. The van der Waals surface area contributed by atoms with Gasteiger partial charge in [-0.25, -0.2) is 4.79 Å². The maximum atomic E-state index is 13.5. The number of rotatable bonds is 12. The van der Waals surface area contributed by atoms with Crippen LogP contribution < -0.4 is 14.8 Å². The molecule has 3 unspecified atom stereocenters. The fourth-order valence-corrected chi connectivity index (χ4v) is 7.92. The summed E-state index contributed by atoms with van der Waals surface area (Å²) in [4.78, 5) is 20.3.